The van der Waals surface area contributed by atoms with Crippen LogP contribution in [0.15, 0.2) is 42.7 Å². The molecule has 1 heterocycles. The number of hydrogen-bond acceptors (Lipinski definition) is 2. The lowest BCUT2D eigenvalue weighted by Crippen LogP contribution is -2.03. The molecule has 0 amide bonds. The molecule has 1 atom stereocenters. The SMILES string of the molecule is Cc1cccc(C(O)Cc2ccncc2)c1Cl. The molecule has 88 valence electrons. The monoisotopic (exact) mass is 247 g/mol. The van der Waals surface area contributed by atoms with Crippen LogP contribution in [0.2, 0.25) is 5.02 Å². The van der Waals surface area contributed by atoms with Gasteiger partial charge < -0.3 is 5.11 Å². The van der Waals surface area contributed by atoms with Gasteiger partial charge in [-0.05, 0) is 35.7 Å². The Kier molecular flexibility index (Phi) is 3.77. The Morgan fingerprint density at radius 2 is 1.94 bits per heavy atom. The van der Waals surface area contributed by atoms with E-state index >= 15 is 0 Å². The van der Waals surface area contributed by atoms with Crippen molar-refractivity contribution < 1.29 is 5.11 Å². The summed E-state index contributed by atoms with van der Waals surface area (Å²) in [7, 11) is 0. The van der Waals surface area contributed by atoms with Crippen molar-refractivity contribution in [2.45, 2.75) is 19.4 Å². The summed E-state index contributed by atoms with van der Waals surface area (Å²) in [5.41, 5.74) is 2.81. The summed E-state index contributed by atoms with van der Waals surface area (Å²) < 4.78 is 0. The average Bonchev–Trinajstić information content (AvgIpc) is 2.34. The molecule has 1 aromatic carbocycles. The molecule has 1 aromatic heterocycles. The minimum Gasteiger partial charge on any atom is -0.388 e. The van der Waals surface area contributed by atoms with Crippen molar-refractivity contribution in [3.63, 3.8) is 0 Å². The number of pyridine rings is 1. The highest BCUT2D eigenvalue weighted by Crippen LogP contribution is 2.28. The van der Waals surface area contributed by atoms with Crippen molar-refractivity contribution in [3.05, 3.63) is 64.4 Å². The molecule has 0 aliphatic heterocycles. The third-order valence-electron chi connectivity index (χ3n) is 2.76. The molecule has 0 aliphatic carbocycles. The van der Waals surface area contributed by atoms with Gasteiger partial charge in [-0.3, -0.25) is 4.98 Å². The first-order valence-electron chi connectivity index (χ1n) is 5.50. The Labute approximate surface area is 106 Å². The van der Waals surface area contributed by atoms with E-state index in [0.717, 1.165) is 16.7 Å². The maximum atomic E-state index is 10.2. The number of nitrogens with zero attached hydrogens (tertiary/aromatic N) is 1. The minimum absolute atomic E-state index is 0.547. The van der Waals surface area contributed by atoms with Crippen molar-refractivity contribution in [1.29, 1.82) is 0 Å². The molecule has 1 unspecified atom stereocenters. The van der Waals surface area contributed by atoms with Crippen molar-refractivity contribution in [1.82, 2.24) is 4.98 Å². The Bertz CT molecular complexity index is 499. The number of aliphatic hydroxyl groups is 1. The highest BCUT2D eigenvalue weighted by Gasteiger charge is 2.13. The van der Waals surface area contributed by atoms with Gasteiger partial charge in [0.15, 0.2) is 0 Å². The van der Waals surface area contributed by atoms with Crippen LogP contribution in [0.3, 0.4) is 0 Å². The highest BCUT2D eigenvalue weighted by atomic mass is 35.5. The lowest BCUT2D eigenvalue weighted by Gasteiger charge is -2.14. The molecule has 2 nitrogen and oxygen atoms in total. The fraction of sp³-hybridized carbons (Fsp3) is 0.214. The summed E-state index contributed by atoms with van der Waals surface area (Å²) in [5.74, 6) is 0. The zero-order valence-corrected chi connectivity index (χ0v) is 10.4. The van der Waals surface area contributed by atoms with Gasteiger partial charge >= 0.3 is 0 Å². The van der Waals surface area contributed by atoms with E-state index in [-0.39, 0.29) is 0 Å². The van der Waals surface area contributed by atoms with Crippen LogP contribution in [0.25, 0.3) is 0 Å². The fourth-order valence-corrected chi connectivity index (χ4v) is 2.03. The van der Waals surface area contributed by atoms with Crippen LogP contribution >= 0.6 is 11.6 Å². The molecule has 2 aromatic rings. The van der Waals surface area contributed by atoms with Crippen molar-refractivity contribution in [2.75, 3.05) is 0 Å². The molecule has 0 fully saturated rings. The van der Waals surface area contributed by atoms with Gasteiger partial charge in [-0.15, -0.1) is 0 Å². The van der Waals surface area contributed by atoms with E-state index in [1.54, 1.807) is 12.4 Å². The summed E-state index contributed by atoms with van der Waals surface area (Å²) in [6.07, 6.45) is 3.41. The van der Waals surface area contributed by atoms with E-state index in [9.17, 15) is 5.11 Å². The van der Waals surface area contributed by atoms with Crippen LogP contribution in [0, 0.1) is 6.92 Å². The lowest BCUT2D eigenvalue weighted by atomic mass is 10.0. The molecule has 0 bridgehead atoms. The molecule has 1 N–H and O–H groups in total. The Balaban J connectivity index is 2.20. The third kappa shape index (κ3) is 2.84. The second kappa shape index (κ2) is 5.30. The van der Waals surface area contributed by atoms with Gasteiger partial charge in [0, 0.05) is 23.8 Å². The number of rotatable bonds is 3. The zero-order chi connectivity index (χ0) is 12.3. The van der Waals surface area contributed by atoms with Crippen molar-refractivity contribution >= 4 is 11.6 Å². The van der Waals surface area contributed by atoms with Gasteiger partial charge in [-0.1, -0.05) is 29.8 Å². The van der Waals surface area contributed by atoms with Gasteiger partial charge in [-0.2, -0.15) is 0 Å². The van der Waals surface area contributed by atoms with Gasteiger partial charge in [-0.25, -0.2) is 0 Å². The van der Waals surface area contributed by atoms with E-state index in [4.69, 9.17) is 11.6 Å². The van der Waals surface area contributed by atoms with Gasteiger partial charge in [0.05, 0.1) is 6.10 Å². The molecule has 0 radical (unpaired) electrons. The van der Waals surface area contributed by atoms with Gasteiger partial charge in [0.1, 0.15) is 0 Å². The molecule has 3 heteroatoms. The Morgan fingerprint density at radius 3 is 2.65 bits per heavy atom. The highest BCUT2D eigenvalue weighted by molar-refractivity contribution is 6.32. The maximum Gasteiger partial charge on any atom is 0.0844 e. The first kappa shape index (κ1) is 12.1. The number of aryl methyl sites for hydroxylation is 1. The van der Waals surface area contributed by atoms with Crippen LogP contribution in [-0.4, -0.2) is 10.1 Å². The standard InChI is InChI=1S/C14H14ClNO/c1-10-3-2-4-12(14(10)15)13(17)9-11-5-7-16-8-6-11/h2-8,13,17H,9H2,1H3. The summed E-state index contributed by atoms with van der Waals surface area (Å²) in [6.45, 7) is 1.94. The van der Waals surface area contributed by atoms with E-state index in [1.165, 1.54) is 0 Å². The van der Waals surface area contributed by atoms with Crippen LogP contribution in [0.5, 0.6) is 0 Å². The van der Waals surface area contributed by atoms with Crippen LogP contribution < -0.4 is 0 Å². The molecule has 0 spiro atoms. The van der Waals surface area contributed by atoms with Crippen molar-refractivity contribution in [2.24, 2.45) is 0 Å². The largest absolute Gasteiger partial charge is 0.388 e. The number of benzene rings is 1. The van der Waals surface area contributed by atoms with Crippen LogP contribution in [-0.2, 0) is 6.42 Å². The summed E-state index contributed by atoms with van der Waals surface area (Å²) in [5, 5.41) is 10.8. The van der Waals surface area contributed by atoms with Crippen LogP contribution in [0.4, 0.5) is 0 Å². The summed E-state index contributed by atoms with van der Waals surface area (Å²) >= 11 is 6.18. The third-order valence-corrected chi connectivity index (χ3v) is 3.28. The van der Waals surface area contributed by atoms with E-state index in [2.05, 4.69) is 4.98 Å². The first-order chi connectivity index (χ1) is 8.18. The molecule has 0 saturated carbocycles. The maximum absolute atomic E-state index is 10.2. The smallest absolute Gasteiger partial charge is 0.0844 e. The van der Waals surface area contributed by atoms with Gasteiger partial charge in [0.25, 0.3) is 0 Å². The van der Waals surface area contributed by atoms with Crippen molar-refractivity contribution in [3.8, 4) is 0 Å². The zero-order valence-electron chi connectivity index (χ0n) is 9.60. The Hall–Kier alpha value is -1.38. The lowest BCUT2D eigenvalue weighted by molar-refractivity contribution is 0.178. The summed E-state index contributed by atoms with van der Waals surface area (Å²) in [6, 6.07) is 9.50. The predicted molar refractivity (Wildman–Crippen MR) is 69.1 cm³/mol. The molecule has 0 saturated heterocycles. The topological polar surface area (TPSA) is 33.1 Å². The number of aliphatic hydroxyl groups excluding tert-OH is 1. The number of aromatic nitrogens is 1. The second-order valence-electron chi connectivity index (χ2n) is 4.05. The van der Waals surface area contributed by atoms with E-state index in [1.807, 2.05) is 37.3 Å². The fourth-order valence-electron chi connectivity index (χ4n) is 1.78. The minimum atomic E-state index is -0.579. The Morgan fingerprint density at radius 1 is 1.24 bits per heavy atom. The predicted octanol–water partition coefficient (Wildman–Crippen LogP) is 3.32. The molecule has 2 rings (SSSR count). The normalized spacial score (nSPS) is 12.4. The van der Waals surface area contributed by atoms with Crippen LogP contribution in [0.1, 0.15) is 22.8 Å². The quantitative estimate of drug-likeness (QED) is 0.903. The number of hydrogen-bond donors (Lipinski definition) is 1. The van der Waals surface area contributed by atoms with E-state index < -0.39 is 6.10 Å². The molecule has 0 aliphatic rings. The molecule has 17 heavy (non-hydrogen) atoms. The van der Waals surface area contributed by atoms with Gasteiger partial charge in [0.2, 0.25) is 0 Å². The summed E-state index contributed by atoms with van der Waals surface area (Å²) in [4.78, 5) is 3.95. The average molecular weight is 248 g/mol. The first-order valence-corrected chi connectivity index (χ1v) is 5.88. The number of halogens is 1. The second-order valence-corrected chi connectivity index (χ2v) is 4.43. The molecular weight excluding hydrogens is 234 g/mol. The molecular formula is C14H14ClNO. The van der Waals surface area contributed by atoms with E-state index in [0.29, 0.717) is 11.4 Å².